The predicted octanol–water partition coefficient (Wildman–Crippen LogP) is 5.45. The zero-order valence-electron chi connectivity index (χ0n) is 26.3. The molecular weight excluding hydrogens is 554 g/mol. The first-order valence-corrected chi connectivity index (χ1v) is 16.1. The van der Waals surface area contributed by atoms with Gasteiger partial charge in [0.25, 0.3) is 0 Å². The van der Waals surface area contributed by atoms with Crippen LogP contribution in [-0.4, -0.2) is 79.6 Å². The van der Waals surface area contributed by atoms with Gasteiger partial charge in [-0.2, -0.15) is 0 Å². The number of carboxylic acids is 1. The van der Waals surface area contributed by atoms with Gasteiger partial charge in [-0.15, -0.1) is 0 Å². The Hall–Kier alpha value is -3.46. The zero-order valence-corrected chi connectivity index (χ0v) is 26.3. The molecule has 3 aromatic rings. The van der Waals surface area contributed by atoms with E-state index in [-0.39, 0.29) is 6.10 Å². The van der Waals surface area contributed by atoms with Gasteiger partial charge in [0.05, 0.1) is 17.7 Å². The lowest BCUT2D eigenvalue weighted by atomic mass is 9.94. The van der Waals surface area contributed by atoms with Crippen molar-refractivity contribution in [3.63, 3.8) is 0 Å². The van der Waals surface area contributed by atoms with Crippen LogP contribution in [0, 0.1) is 19.8 Å². The molecule has 2 fully saturated rings. The number of methoxy groups -OCH3 is 1. The van der Waals surface area contributed by atoms with Gasteiger partial charge in [-0.3, -0.25) is 9.69 Å². The highest BCUT2D eigenvalue weighted by molar-refractivity contribution is 5.72. The lowest BCUT2D eigenvalue weighted by Gasteiger charge is -2.36. The Bertz CT molecular complexity index is 1470. The standard InChI is InChI=1S/C36H45N3O5/c1-24-6-4-7-30(32-8-5-9-34(37-32)39-19-14-31(36(40)41)33(22-39)42-3)35(24)44-23-27-11-10-26-12-17-38(18-13-29(26)25(27)2)28-15-20-43-21-16-28/h4-11,28,31,33H,12-23H2,1-3H3,(H,40,41)/t31-,33-/m0/s1. The van der Waals surface area contributed by atoms with Gasteiger partial charge in [0, 0.05) is 58.1 Å². The number of nitrogens with zero attached hydrogens (tertiary/aromatic N) is 3. The summed E-state index contributed by atoms with van der Waals surface area (Å²) in [6.07, 6.45) is 4.60. The molecule has 0 saturated carbocycles. The van der Waals surface area contributed by atoms with Gasteiger partial charge >= 0.3 is 5.97 Å². The van der Waals surface area contributed by atoms with Gasteiger partial charge in [-0.05, 0) is 92.0 Å². The number of aromatic nitrogens is 1. The molecule has 8 heteroatoms. The number of pyridine rings is 1. The summed E-state index contributed by atoms with van der Waals surface area (Å²) in [4.78, 5) is 21.5. The van der Waals surface area contributed by atoms with E-state index in [1.165, 1.54) is 22.3 Å². The topological polar surface area (TPSA) is 84.4 Å². The van der Waals surface area contributed by atoms with Crippen molar-refractivity contribution in [1.82, 2.24) is 9.88 Å². The number of aryl methyl sites for hydroxylation is 1. The molecule has 0 unspecified atom stereocenters. The summed E-state index contributed by atoms with van der Waals surface area (Å²) in [5.41, 5.74) is 8.39. The smallest absolute Gasteiger partial charge is 0.309 e. The minimum atomic E-state index is -0.804. The Morgan fingerprint density at radius 1 is 1.00 bits per heavy atom. The molecule has 1 aromatic heterocycles. The van der Waals surface area contributed by atoms with E-state index in [0.29, 0.717) is 32.2 Å². The second-order valence-electron chi connectivity index (χ2n) is 12.4. The average Bonchev–Trinajstić information content (AvgIpc) is 3.28. The lowest BCUT2D eigenvalue weighted by molar-refractivity contribution is -0.147. The predicted molar refractivity (Wildman–Crippen MR) is 171 cm³/mol. The van der Waals surface area contributed by atoms with Crippen molar-refractivity contribution in [1.29, 1.82) is 0 Å². The molecule has 2 aromatic carbocycles. The largest absolute Gasteiger partial charge is 0.488 e. The van der Waals surface area contributed by atoms with Gasteiger partial charge in [0.2, 0.25) is 0 Å². The Balaban J connectivity index is 1.18. The van der Waals surface area contributed by atoms with E-state index in [0.717, 1.165) is 80.4 Å². The number of carbonyl (C=O) groups is 1. The SMILES string of the molecule is CO[C@H]1CN(c2cccc(-c3cccc(C)c3OCc3ccc4c(c3C)CCN(C3CCOCC3)CC4)n2)CC[C@@H]1C(=O)O. The van der Waals surface area contributed by atoms with E-state index in [1.807, 2.05) is 24.3 Å². The summed E-state index contributed by atoms with van der Waals surface area (Å²) < 4.78 is 17.8. The van der Waals surface area contributed by atoms with Crippen LogP contribution in [-0.2, 0) is 33.7 Å². The second-order valence-corrected chi connectivity index (χ2v) is 12.4. The summed E-state index contributed by atoms with van der Waals surface area (Å²) in [6.45, 7) is 9.94. The van der Waals surface area contributed by atoms with Gasteiger partial charge in [-0.1, -0.05) is 30.3 Å². The van der Waals surface area contributed by atoms with Crippen molar-refractivity contribution in [2.45, 2.75) is 64.7 Å². The molecule has 0 amide bonds. The zero-order chi connectivity index (χ0) is 30.6. The van der Waals surface area contributed by atoms with Crippen LogP contribution in [0.2, 0.25) is 0 Å². The van der Waals surface area contributed by atoms with Crippen molar-refractivity contribution in [2.24, 2.45) is 5.92 Å². The van der Waals surface area contributed by atoms with E-state index in [4.69, 9.17) is 19.2 Å². The number of rotatable bonds is 8. The van der Waals surface area contributed by atoms with Crippen molar-refractivity contribution in [3.05, 3.63) is 76.3 Å². The fraction of sp³-hybridized carbons (Fsp3) is 0.500. The first-order chi connectivity index (χ1) is 21.4. The van der Waals surface area contributed by atoms with Gasteiger partial charge in [-0.25, -0.2) is 4.98 Å². The first-order valence-electron chi connectivity index (χ1n) is 16.1. The highest BCUT2D eigenvalue weighted by Crippen LogP contribution is 2.35. The van der Waals surface area contributed by atoms with Crippen LogP contribution in [0.25, 0.3) is 11.3 Å². The molecule has 0 spiro atoms. The highest BCUT2D eigenvalue weighted by atomic mass is 16.5. The fourth-order valence-electron chi connectivity index (χ4n) is 7.24. The monoisotopic (exact) mass is 599 g/mol. The average molecular weight is 600 g/mol. The Morgan fingerprint density at radius 2 is 1.80 bits per heavy atom. The molecule has 0 radical (unpaired) electrons. The van der Waals surface area contributed by atoms with Crippen LogP contribution in [0.5, 0.6) is 5.75 Å². The van der Waals surface area contributed by atoms with E-state index >= 15 is 0 Å². The third-order valence-electron chi connectivity index (χ3n) is 9.93. The third kappa shape index (κ3) is 6.48. The van der Waals surface area contributed by atoms with E-state index in [9.17, 15) is 9.90 Å². The number of hydrogen-bond acceptors (Lipinski definition) is 7. The molecule has 234 valence electrons. The molecule has 6 rings (SSSR count). The minimum Gasteiger partial charge on any atom is -0.488 e. The van der Waals surface area contributed by atoms with Crippen LogP contribution in [0.15, 0.2) is 48.5 Å². The molecule has 0 aliphatic carbocycles. The molecule has 4 heterocycles. The van der Waals surface area contributed by atoms with E-state index in [1.54, 1.807) is 7.11 Å². The molecule has 1 N–H and O–H groups in total. The van der Waals surface area contributed by atoms with Crippen LogP contribution in [0.4, 0.5) is 5.82 Å². The summed E-state index contributed by atoms with van der Waals surface area (Å²) in [7, 11) is 1.58. The molecular formula is C36H45N3O5. The number of fused-ring (bicyclic) bond motifs is 1. The van der Waals surface area contributed by atoms with Gasteiger partial charge < -0.3 is 24.2 Å². The number of anilines is 1. The van der Waals surface area contributed by atoms with Crippen LogP contribution < -0.4 is 9.64 Å². The van der Waals surface area contributed by atoms with E-state index < -0.39 is 11.9 Å². The second kappa shape index (κ2) is 13.7. The Morgan fingerprint density at radius 3 is 2.59 bits per heavy atom. The minimum absolute atomic E-state index is 0.376. The number of hydrogen-bond donors (Lipinski definition) is 1. The quantitative estimate of drug-likeness (QED) is 0.366. The van der Waals surface area contributed by atoms with Crippen molar-refractivity contribution < 1.29 is 24.1 Å². The first kappa shape index (κ1) is 30.6. The maximum atomic E-state index is 11.7. The maximum absolute atomic E-state index is 11.7. The number of aliphatic carboxylic acids is 1. The van der Waals surface area contributed by atoms with Crippen molar-refractivity contribution >= 4 is 11.8 Å². The van der Waals surface area contributed by atoms with Gasteiger partial charge in [0.15, 0.2) is 0 Å². The molecule has 2 saturated heterocycles. The third-order valence-corrected chi connectivity index (χ3v) is 9.93. The normalized spacial score (nSPS) is 21.5. The lowest BCUT2D eigenvalue weighted by Crippen LogP contribution is -2.47. The molecule has 2 atom stereocenters. The molecule has 8 nitrogen and oxygen atoms in total. The number of ether oxygens (including phenoxy) is 3. The number of carboxylic acid groups (broad SMARTS) is 1. The highest BCUT2D eigenvalue weighted by Gasteiger charge is 2.35. The molecule has 0 bridgehead atoms. The van der Waals surface area contributed by atoms with Crippen LogP contribution in [0.1, 0.15) is 47.1 Å². The number of para-hydroxylation sites is 1. The fourth-order valence-corrected chi connectivity index (χ4v) is 7.24. The summed E-state index contributed by atoms with van der Waals surface area (Å²) >= 11 is 0. The Labute approximate surface area is 260 Å². The number of piperidine rings is 1. The maximum Gasteiger partial charge on any atom is 0.309 e. The summed E-state index contributed by atoms with van der Waals surface area (Å²) in [6, 6.07) is 17.4. The van der Waals surface area contributed by atoms with E-state index in [2.05, 4.69) is 47.9 Å². The Kier molecular flexibility index (Phi) is 9.50. The van der Waals surface area contributed by atoms with Gasteiger partial charge in [0.1, 0.15) is 18.2 Å². The number of benzene rings is 2. The van der Waals surface area contributed by atoms with Crippen molar-refractivity contribution in [2.75, 3.05) is 51.4 Å². The summed E-state index contributed by atoms with van der Waals surface area (Å²) in [5.74, 6) is 0.355. The molecule has 3 aliphatic rings. The molecule has 44 heavy (non-hydrogen) atoms. The summed E-state index contributed by atoms with van der Waals surface area (Å²) in [5, 5.41) is 9.59. The van der Waals surface area contributed by atoms with Crippen LogP contribution >= 0.6 is 0 Å². The molecule has 3 aliphatic heterocycles. The van der Waals surface area contributed by atoms with Crippen molar-refractivity contribution in [3.8, 4) is 17.0 Å². The van der Waals surface area contributed by atoms with Crippen LogP contribution in [0.3, 0.4) is 0 Å².